The van der Waals surface area contributed by atoms with Crippen molar-refractivity contribution in [1.29, 1.82) is 0 Å². The Balaban J connectivity index is 2.36. The number of nitrogens with one attached hydrogen (secondary N) is 1. The molecule has 0 aliphatic carbocycles. The number of aryl methyl sites for hydroxylation is 1. The Hall–Kier alpha value is -1.42. The molecule has 0 aliphatic heterocycles. The van der Waals surface area contributed by atoms with Crippen molar-refractivity contribution >= 4 is 16.5 Å². The first-order valence-electron chi connectivity index (χ1n) is 5.56. The van der Waals surface area contributed by atoms with E-state index in [2.05, 4.69) is 24.1 Å². The van der Waals surface area contributed by atoms with Crippen molar-refractivity contribution in [3.63, 3.8) is 0 Å². The summed E-state index contributed by atoms with van der Waals surface area (Å²) in [5.41, 5.74) is 1.69. The third kappa shape index (κ3) is 2.82. The van der Waals surface area contributed by atoms with Crippen molar-refractivity contribution in [3.05, 3.63) is 35.0 Å². The van der Waals surface area contributed by atoms with Crippen molar-refractivity contribution < 1.29 is 4.39 Å². The number of hydrogen-bond acceptors (Lipinski definition) is 3. The zero-order chi connectivity index (χ0) is 12.4. The van der Waals surface area contributed by atoms with E-state index in [1.165, 1.54) is 12.1 Å². The summed E-state index contributed by atoms with van der Waals surface area (Å²) in [6.45, 7) is 6.14. The fraction of sp³-hybridized carbons (Fsp3) is 0.308. The number of thiazole rings is 1. The van der Waals surface area contributed by atoms with Crippen molar-refractivity contribution in [3.8, 4) is 11.3 Å². The number of anilines is 1. The van der Waals surface area contributed by atoms with Crippen molar-refractivity contribution in [1.82, 2.24) is 4.98 Å². The molecule has 0 amide bonds. The molecule has 0 saturated carbocycles. The smallest absolute Gasteiger partial charge is 0.183 e. The van der Waals surface area contributed by atoms with Gasteiger partial charge >= 0.3 is 0 Å². The van der Waals surface area contributed by atoms with E-state index >= 15 is 0 Å². The highest BCUT2D eigenvalue weighted by atomic mass is 32.1. The number of benzene rings is 1. The molecule has 0 saturated heterocycles. The van der Waals surface area contributed by atoms with Gasteiger partial charge in [0.2, 0.25) is 0 Å². The van der Waals surface area contributed by atoms with Gasteiger partial charge in [0, 0.05) is 16.5 Å². The molecule has 0 bridgehead atoms. The van der Waals surface area contributed by atoms with Gasteiger partial charge in [-0.05, 0) is 32.9 Å². The zero-order valence-corrected chi connectivity index (χ0v) is 10.9. The summed E-state index contributed by atoms with van der Waals surface area (Å²) in [4.78, 5) is 5.60. The topological polar surface area (TPSA) is 24.9 Å². The predicted octanol–water partition coefficient (Wildman–Crippen LogP) is 4.08. The molecule has 0 fully saturated rings. The molecular weight excluding hydrogens is 235 g/mol. The predicted molar refractivity (Wildman–Crippen MR) is 71.0 cm³/mol. The highest BCUT2D eigenvalue weighted by Crippen LogP contribution is 2.30. The van der Waals surface area contributed by atoms with Crippen LogP contribution in [0.15, 0.2) is 24.3 Å². The van der Waals surface area contributed by atoms with Crippen LogP contribution in [0, 0.1) is 12.7 Å². The van der Waals surface area contributed by atoms with Gasteiger partial charge in [-0.3, -0.25) is 0 Å². The van der Waals surface area contributed by atoms with Crippen LogP contribution < -0.4 is 5.32 Å². The molecule has 2 aromatic rings. The van der Waals surface area contributed by atoms with Crippen molar-refractivity contribution in [2.24, 2.45) is 0 Å². The molecule has 4 heteroatoms. The first-order valence-corrected chi connectivity index (χ1v) is 6.38. The highest BCUT2D eigenvalue weighted by molar-refractivity contribution is 7.16. The largest absolute Gasteiger partial charge is 0.359 e. The monoisotopic (exact) mass is 250 g/mol. The van der Waals surface area contributed by atoms with Crippen LogP contribution in [0.25, 0.3) is 11.3 Å². The first kappa shape index (κ1) is 12.0. The van der Waals surface area contributed by atoms with Crippen molar-refractivity contribution in [2.75, 3.05) is 5.32 Å². The molecule has 0 aliphatic rings. The van der Waals surface area contributed by atoms with E-state index in [0.717, 1.165) is 21.3 Å². The first-order chi connectivity index (χ1) is 8.06. The Morgan fingerprint density at radius 3 is 2.76 bits per heavy atom. The molecule has 1 N–H and O–H groups in total. The third-order valence-electron chi connectivity index (χ3n) is 2.31. The van der Waals surface area contributed by atoms with Gasteiger partial charge in [-0.2, -0.15) is 0 Å². The summed E-state index contributed by atoms with van der Waals surface area (Å²) >= 11 is 1.60. The quantitative estimate of drug-likeness (QED) is 0.888. The van der Waals surface area contributed by atoms with Crippen LogP contribution in [0.4, 0.5) is 9.52 Å². The lowest BCUT2D eigenvalue weighted by molar-refractivity contribution is 0.628. The Morgan fingerprint density at radius 2 is 2.12 bits per heavy atom. The van der Waals surface area contributed by atoms with E-state index in [4.69, 9.17) is 0 Å². The number of halogens is 1. The third-order valence-corrected chi connectivity index (χ3v) is 3.21. The summed E-state index contributed by atoms with van der Waals surface area (Å²) in [5.74, 6) is -0.228. The Kier molecular flexibility index (Phi) is 3.43. The number of nitrogens with zero attached hydrogens (tertiary/aromatic N) is 1. The SMILES string of the molecule is Cc1sc(NC(C)C)nc1-c1cccc(F)c1. The van der Waals surface area contributed by atoms with Crippen LogP contribution in [0.3, 0.4) is 0 Å². The van der Waals surface area contributed by atoms with Gasteiger partial charge in [-0.25, -0.2) is 9.37 Å². The van der Waals surface area contributed by atoms with Crippen LogP contribution in [-0.2, 0) is 0 Å². The maximum absolute atomic E-state index is 13.2. The lowest BCUT2D eigenvalue weighted by atomic mass is 10.1. The van der Waals surface area contributed by atoms with Crippen LogP contribution in [0.2, 0.25) is 0 Å². The Morgan fingerprint density at radius 1 is 1.35 bits per heavy atom. The molecule has 0 atom stereocenters. The lowest BCUT2D eigenvalue weighted by Gasteiger charge is -2.04. The van der Waals surface area contributed by atoms with Gasteiger partial charge in [0.15, 0.2) is 5.13 Å². The average Bonchev–Trinajstić information content (AvgIpc) is 2.58. The van der Waals surface area contributed by atoms with Crippen LogP contribution in [0.1, 0.15) is 18.7 Å². The maximum Gasteiger partial charge on any atom is 0.183 e. The van der Waals surface area contributed by atoms with E-state index in [0.29, 0.717) is 6.04 Å². The second kappa shape index (κ2) is 4.84. The van der Waals surface area contributed by atoms with Crippen molar-refractivity contribution in [2.45, 2.75) is 26.8 Å². The minimum atomic E-state index is -0.228. The molecule has 1 heterocycles. The molecule has 0 radical (unpaired) electrons. The van der Waals surface area contributed by atoms with Gasteiger partial charge < -0.3 is 5.32 Å². The summed E-state index contributed by atoms with van der Waals surface area (Å²) in [5, 5.41) is 4.15. The minimum Gasteiger partial charge on any atom is -0.359 e. The minimum absolute atomic E-state index is 0.228. The van der Waals surface area contributed by atoms with Crippen LogP contribution in [-0.4, -0.2) is 11.0 Å². The van der Waals surface area contributed by atoms with E-state index in [1.807, 2.05) is 13.0 Å². The Labute approximate surface area is 105 Å². The van der Waals surface area contributed by atoms with Gasteiger partial charge in [0.1, 0.15) is 5.82 Å². The molecule has 1 aromatic heterocycles. The van der Waals surface area contributed by atoms with E-state index in [-0.39, 0.29) is 5.82 Å². The van der Waals surface area contributed by atoms with E-state index in [9.17, 15) is 4.39 Å². The summed E-state index contributed by atoms with van der Waals surface area (Å²) in [7, 11) is 0. The molecule has 17 heavy (non-hydrogen) atoms. The number of rotatable bonds is 3. The fourth-order valence-electron chi connectivity index (χ4n) is 1.61. The summed E-state index contributed by atoms with van der Waals surface area (Å²) < 4.78 is 13.2. The molecular formula is C13H15FN2S. The lowest BCUT2D eigenvalue weighted by Crippen LogP contribution is -2.08. The fourth-order valence-corrected chi connectivity index (χ4v) is 2.59. The van der Waals surface area contributed by atoms with Crippen LogP contribution in [0.5, 0.6) is 0 Å². The van der Waals surface area contributed by atoms with Crippen LogP contribution >= 0.6 is 11.3 Å². The van der Waals surface area contributed by atoms with E-state index in [1.54, 1.807) is 17.4 Å². The summed E-state index contributed by atoms with van der Waals surface area (Å²) in [6, 6.07) is 6.89. The molecule has 0 unspecified atom stereocenters. The standard InChI is InChI=1S/C13H15FN2S/c1-8(2)15-13-16-12(9(3)17-13)10-5-4-6-11(14)7-10/h4-8H,1-3H3,(H,15,16). The maximum atomic E-state index is 13.2. The van der Waals surface area contributed by atoms with Gasteiger partial charge in [-0.15, -0.1) is 11.3 Å². The average molecular weight is 250 g/mol. The molecule has 90 valence electrons. The summed E-state index contributed by atoms with van der Waals surface area (Å²) in [6.07, 6.45) is 0. The number of aromatic nitrogens is 1. The molecule has 2 nitrogen and oxygen atoms in total. The Bertz CT molecular complexity index is 520. The van der Waals surface area contributed by atoms with Gasteiger partial charge in [0.05, 0.1) is 5.69 Å². The highest BCUT2D eigenvalue weighted by Gasteiger charge is 2.10. The molecule has 1 aromatic carbocycles. The van der Waals surface area contributed by atoms with E-state index < -0.39 is 0 Å². The zero-order valence-electron chi connectivity index (χ0n) is 10.1. The molecule has 2 rings (SSSR count). The van der Waals surface area contributed by atoms with Gasteiger partial charge in [0.25, 0.3) is 0 Å². The normalized spacial score (nSPS) is 10.9. The van der Waals surface area contributed by atoms with Gasteiger partial charge in [-0.1, -0.05) is 12.1 Å². The number of hydrogen-bond donors (Lipinski definition) is 1. The second-order valence-corrected chi connectivity index (χ2v) is 5.44. The molecule has 0 spiro atoms. The second-order valence-electron chi connectivity index (χ2n) is 4.23.